The van der Waals surface area contributed by atoms with Crippen LogP contribution in [0.3, 0.4) is 0 Å². The number of aryl methyl sites for hydroxylation is 2. The fraction of sp³-hybridized carbons (Fsp3) is 0.571. The van der Waals surface area contributed by atoms with Crippen LogP contribution in [0, 0.1) is 11.3 Å². The van der Waals surface area contributed by atoms with Gasteiger partial charge in [-0.2, -0.15) is 5.26 Å². The molecule has 1 heterocycles. The number of aromatic nitrogens is 1. The predicted molar refractivity (Wildman–Crippen MR) is 70.5 cm³/mol. The molecular formula is C14H19N3O. The van der Waals surface area contributed by atoms with E-state index in [4.69, 9.17) is 0 Å². The molecule has 2 rings (SSSR count). The highest BCUT2D eigenvalue weighted by molar-refractivity contribution is 5.56. The summed E-state index contributed by atoms with van der Waals surface area (Å²) in [5.74, 6) is 0.681. The Morgan fingerprint density at radius 3 is 2.83 bits per heavy atom. The fourth-order valence-corrected chi connectivity index (χ4v) is 2.49. The van der Waals surface area contributed by atoms with Crippen molar-refractivity contribution < 1.29 is 5.11 Å². The molecule has 96 valence electrons. The molecule has 0 atom stereocenters. The molecule has 0 aromatic carbocycles. The van der Waals surface area contributed by atoms with Crippen LogP contribution < -0.4 is 4.90 Å². The molecule has 1 aromatic heterocycles. The highest BCUT2D eigenvalue weighted by Gasteiger charge is 2.22. The smallest absolute Gasteiger partial charge is 0.146 e. The molecule has 1 N–H and O–H groups in total. The Morgan fingerprint density at radius 2 is 2.22 bits per heavy atom. The van der Waals surface area contributed by atoms with Gasteiger partial charge in [0.1, 0.15) is 11.9 Å². The second-order valence-electron chi connectivity index (χ2n) is 5.60. The van der Waals surface area contributed by atoms with E-state index in [1.807, 2.05) is 18.0 Å². The number of pyridine rings is 1. The number of likely N-dealkylation sites (N-methyl/N-ethyl adjacent to an activating group) is 1. The third-order valence-corrected chi connectivity index (χ3v) is 3.14. The van der Waals surface area contributed by atoms with Gasteiger partial charge in [-0.05, 0) is 44.7 Å². The maximum absolute atomic E-state index is 9.85. The Bertz CT molecular complexity index is 497. The quantitative estimate of drug-likeness (QED) is 0.879. The van der Waals surface area contributed by atoms with Gasteiger partial charge in [-0.25, -0.2) is 4.98 Å². The van der Waals surface area contributed by atoms with Crippen LogP contribution in [0.5, 0.6) is 0 Å². The minimum Gasteiger partial charge on any atom is -0.389 e. The van der Waals surface area contributed by atoms with Crippen molar-refractivity contribution >= 4 is 5.82 Å². The van der Waals surface area contributed by atoms with Gasteiger partial charge in [0.25, 0.3) is 0 Å². The Hall–Kier alpha value is -1.60. The zero-order chi connectivity index (χ0) is 13.3. The van der Waals surface area contributed by atoms with E-state index in [2.05, 4.69) is 11.1 Å². The lowest BCUT2D eigenvalue weighted by Gasteiger charge is -2.27. The van der Waals surface area contributed by atoms with Gasteiger partial charge >= 0.3 is 0 Å². The minimum atomic E-state index is -0.803. The Balaban J connectivity index is 2.35. The average Bonchev–Trinajstić information content (AvgIpc) is 2.71. The largest absolute Gasteiger partial charge is 0.389 e. The van der Waals surface area contributed by atoms with Crippen LogP contribution >= 0.6 is 0 Å². The number of hydrogen-bond acceptors (Lipinski definition) is 4. The topological polar surface area (TPSA) is 60.1 Å². The van der Waals surface area contributed by atoms with Crippen molar-refractivity contribution in [3.05, 3.63) is 22.9 Å². The molecule has 0 saturated carbocycles. The van der Waals surface area contributed by atoms with Crippen molar-refractivity contribution in [1.82, 2.24) is 4.98 Å². The van der Waals surface area contributed by atoms with E-state index in [9.17, 15) is 10.4 Å². The van der Waals surface area contributed by atoms with Crippen molar-refractivity contribution in [3.8, 4) is 6.07 Å². The number of rotatable bonds is 3. The summed E-state index contributed by atoms with van der Waals surface area (Å²) in [5, 5.41) is 19.1. The molecule has 0 aliphatic heterocycles. The molecule has 18 heavy (non-hydrogen) atoms. The van der Waals surface area contributed by atoms with Crippen LogP contribution in [0.4, 0.5) is 5.82 Å². The highest BCUT2D eigenvalue weighted by atomic mass is 16.3. The summed E-state index contributed by atoms with van der Waals surface area (Å²) in [6.45, 7) is 3.96. The Morgan fingerprint density at radius 1 is 1.50 bits per heavy atom. The van der Waals surface area contributed by atoms with Crippen molar-refractivity contribution in [3.63, 3.8) is 0 Å². The molecule has 1 aliphatic carbocycles. The van der Waals surface area contributed by atoms with Gasteiger partial charge in [0.15, 0.2) is 0 Å². The first-order valence-corrected chi connectivity index (χ1v) is 6.27. The van der Waals surface area contributed by atoms with Gasteiger partial charge in [0.2, 0.25) is 0 Å². The van der Waals surface area contributed by atoms with Crippen LogP contribution in [0.25, 0.3) is 0 Å². The zero-order valence-corrected chi connectivity index (χ0v) is 11.2. The number of aliphatic hydroxyl groups is 1. The van der Waals surface area contributed by atoms with Crippen molar-refractivity contribution in [2.24, 2.45) is 0 Å². The van der Waals surface area contributed by atoms with Crippen molar-refractivity contribution in [1.29, 1.82) is 5.26 Å². The summed E-state index contributed by atoms with van der Waals surface area (Å²) in [7, 11) is 1.86. The molecule has 0 unspecified atom stereocenters. The molecular weight excluding hydrogens is 226 g/mol. The van der Waals surface area contributed by atoms with Gasteiger partial charge in [-0.3, -0.25) is 0 Å². The van der Waals surface area contributed by atoms with Gasteiger partial charge < -0.3 is 10.0 Å². The maximum Gasteiger partial charge on any atom is 0.146 e. The highest BCUT2D eigenvalue weighted by Crippen LogP contribution is 2.27. The van der Waals surface area contributed by atoms with E-state index < -0.39 is 5.60 Å². The van der Waals surface area contributed by atoms with Crippen LogP contribution in [0.1, 0.15) is 37.1 Å². The average molecular weight is 245 g/mol. The third kappa shape index (κ3) is 2.62. The Labute approximate surface area is 108 Å². The van der Waals surface area contributed by atoms with Gasteiger partial charge in [0, 0.05) is 19.3 Å². The second kappa shape index (κ2) is 4.58. The first kappa shape index (κ1) is 12.8. The third-order valence-electron chi connectivity index (χ3n) is 3.14. The lowest BCUT2D eigenvalue weighted by Crippen LogP contribution is -2.37. The van der Waals surface area contributed by atoms with E-state index in [0.717, 1.165) is 25.0 Å². The number of hydrogen-bond donors (Lipinski definition) is 1. The lowest BCUT2D eigenvalue weighted by molar-refractivity contribution is 0.0884. The monoisotopic (exact) mass is 245 g/mol. The van der Waals surface area contributed by atoms with Crippen LogP contribution in [0.2, 0.25) is 0 Å². The molecule has 0 bridgehead atoms. The molecule has 0 amide bonds. The van der Waals surface area contributed by atoms with Crippen molar-refractivity contribution in [2.75, 3.05) is 18.5 Å². The normalized spacial score (nSPS) is 14.2. The van der Waals surface area contributed by atoms with E-state index >= 15 is 0 Å². The Kier molecular flexibility index (Phi) is 3.27. The standard InChI is InChI=1S/C14H19N3O/c1-14(2,18)9-17(3)13-11(8-15)7-10-5-4-6-12(10)16-13/h7,18H,4-6,9H2,1-3H3. The van der Waals surface area contributed by atoms with Gasteiger partial charge in [0.05, 0.1) is 11.2 Å². The van der Waals surface area contributed by atoms with Crippen LogP contribution in [-0.4, -0.2) is 29.3 Å². The molecule has 1 aromatic rings. The van der Waals surface area contributed by atoms with Crippen LogP contribution in [-0.2, 0) is 12.8 Å². The first-order chi connectivity index (χ1) is 8.40. The summed E-state index contributed by atoms with van der Waals surface area (Å²) in [6.07, 6.45) is 3.13. The van der Waals surface area contributed by atoms with Gasteiger partial charge in [-0.15, -0.1) is 0 Å². The zero-order valence-electron chi connectivity index (χ0n) is 11.2. The predicted octanol–water partition coefficient (Wildman–Crippen LogP) is 1.65. The van der Waals surface area contributed by atoms with Crippen molar-refractivity contribution in [2.45, 2.75) is 38.7 Å². The van der Waals surface area contributed by atoms with E-state index in [1.54, 1.807) is 13.8 Å². The lowest BCUT2D eigenvalue weighted by atomic mass is 10.1. The van der Waals surface area contributed by atoms with Crippen LogP contribution in [0.15, 0.2) is 6.07 Å². The number of nitrogens with zero attached hydrogens (tertiary/aromatic N) is 3. The van der Waals surface area contributed by atoms with E-state index in [1.165, 1.54) is 5.56 Å². The molecule has 4 nitrogen and oxygen atoms in total. The summed E-state index contributed by atoms with van der Waals surface area (Å²) in [4.78, 5) is 6.46. The summed E-state index contributed by atoms with van der Waals surface area (Å²) < 4.78 is 0. The summed E-state index contributed by atoms with van der Waals surface area (Å²) in [5.41, 5.74) is 2.10. The molecule has 0 saturated heterocycles. The van der Waals surface area contributed by atoms with E-state index in [0.29, 0.717) is 17.9 Å². The number of fused-ring (bicyclic) bond motifs is 1. The molecule has 0 fully saturated rings. The van der Waals surface area contributed by atoms with E-state index in [-0.39, 0.29) is 0 Å². The number of nitriles is 1. The number of anilines is 1. The first-order valence-electron chi connectivity index (χ1n) is 6.27. The second-order valence-corrected chi connectivity index (χ2v) is 5.60. The molecule has 4 heteroatoms. The SMILES string of the molecule is CN(CC(C)(C)O)c1nc2c(cc1C#N)CCC2. The minimum absolute atomic E-state index is 0.452. The molecule has 1 aliphatic rings. The fourth-order valence-electron chi connectivity index (χ4n) is 2.49. The van der Waals surface area contributed by atoms with Gasteiger partial charge in [-0.1, -0.05) is 0 Å². The summed E-state index contributed by atoms with van der Waals surface area (Å²) >= 11 is 0. The maximum atomic E-state index is 9.85. The summed E-state index contributed by atoms with van der Waals surface area (Å²) in [6, 6.07) is 4.16. The molecule has 0 spiro atoms. The molecule has 0 radical (unpaired) electrons.